The lowest BCUT2D eigenvalue weighted by molar-refractivity contribution is -0.00423. The van der Waals surface area contributed by atoms with Crippen LogP contribution in [-0.2, 0) is 4.74 Å². The van der Waals surface area contributed by atoms with E-state index in [9.17, 15) is 0 Å². The molecule has 2 heteroatoms. The second kappa shape index (κ2) is 4.53. The van der Waals surface area contributed by atoms with Gasteiger partial charge in [0.15, 0.2) is 0 Å². The molecule has 0 spiro atoms. The van der Waals surface area contributed by atoms with Gasteiger partial charge in [-0.25, -0.2) is 0 Å². The van der Waals surface area contributed by atoms with Crippen LogP contribution in [0.2, 0.25) is 0 Å². The SMILES string of the molecule is CC1CCC(OCC2(CC#N)CC2)CC1. The van der Waals surface area contributed by atoms with Crippen LogP contribution in [0.4, 0.5) is 0 Å². The first kappa shape index (κ1) is 11.0. The Labute approximate surface area is 92.6 Å². The zero-order valence-electron chi connectivity index (χ0n) is 9.67. The summed E-state index contributed by atoms with van der Waals surface area (Å²) in [5.74, 6) is 0.888. The minimum Gasteiger partial charge on any atom is -0.378 e. The van der Waals surface area contributed by atoms with E-state index in [0.29, 0.717) is 12.5 Å². The average molecular weight is 207 g/mol. The molecule has 2 aliphatic rings. The smallest absolute Gasteiger partial charge is 0.0628 e. The summed E-state index contributed by atoms with van der Waals surface area (Å²) in [7, 11) is 0. The molecule has 0 bridgehead atoms. The van der Waals surface area contributed by atoms with Crippen LogP contribution in [0.1, 0.15) is 51.9 Å². The fourth-order valence-corrected chi connectivity index (χ4v) is 2.41. The Balaban J connectivity index is 1.68. The van der Waals surface area contributed by atoms with Crippen molar-refractivity contribution in [3.63, 3.8) is 0 Å². The van der Waals surface area contributed by atoms with Crippen molar-refractivity contribution in [1.82, 2.24) is 0 Å². The molecule has 15 heavy (non-hydrogen) atoms. The average Bonchev–Trinajstić information content (AvgIpc) is 2.99. The Morgan fingerprint density at radius 3 is 2.47 bits per heavy atom. The molecule has 2 rings (SSSR count). The van der Waals surface area contributed by atoms with Crippen molar-refractivity contribution in [1.29, 1.82) is 5.26 Å². The zero-order chi connectivity index (χ0) is 10.7. The summed E-state index contributed by atoms with van der Waals surface area (Å²) in [5, 5.41) is 8.71. The van der Waals surface area contributed by atoms with E-state index in [-0.39, 0.29) is 5.41 Å². The third-order valence-electron chi connectivity index (χ3n) is 4.00. The Kier molecular flexibility index (Phi) is 3.31. The van der Waals surface area contributed by atoms with Crippen molar-refractivity contribution >= 4 is 0 Å². The summed E-state index contributed by atoms with van der Waals surface area (Å²) in [6.07, 6.45) is 8.65. The van der Waals surface area contributed by atoms with Crippen LogP contribution in [0.5, 0.6) is 0 Å². The van der Waals surface area contributed by atoms with Crippen LogP contribution in [-0.4, -0.2) is 12.7 Å². The van der Waals surface area contributed by atoms with E-state index in [1.807, 2.05) is 0 Å². The molecule has 2 nitrogen and oxygen atoms in total. The molecule has 0 unspecified atom stereocenters. The van der Waals surface area contributed by atoms with E-state index in [1.54, 1.807) is 0 Å². The number of nitrogens with zero attached hydrogens (tertiary/aromatic N) is 1. The van der Waals surface area contributed by atoms with Crippen LogP contribution in [0.25, 0.3) is 0 Å². The molecule has 84 valence electrons. The Bertz CT molecular complexity index is 244. The van der Waals surface area contributed by atoms with E-state index < -0.39 is 0 Å². The highest BCUT2D eigenvalue weighted by Crippen LogP contribution is 2.49. The van der Waals surface area contributed by atoms with E-state index in [4.69, 9.17) is 10.00 Å². The van der Waals surface area contributed by atoms with Gasteiger partial charge in [0.05, 0.1) is 18.8 Å². The number of nitriles is 1. The number of hydrogen-bond acceptors (Lipinski definition) is 2. The minimum atomic E-state index is 0.262. The largest absolute Gasteiger partial charge is 0.378 e. The maximum atomic E-state index is 8.71. The van der Waals surface area contributed by atoms with E-state index in [0.717, 1.165) is 12.5 Å². The Hall–Kier alpha value is -0.550. The Morgan fingerprint density at radius 1 is 1.27 bits per heavy atom. The molecule has 0 aromatic heterocycles. The van der Waals surface area contributed by atoms with Crippen LogP contribution in [0.3, 0.4) is 0 Å². The van der Waals surface area contributed by atoms with Gasteiger partial charge in [-0.05, 0) is 44.4 Å². The lowest BCUT2D eigenvalue weighted by Crippen LogP contribution is -2.23. The zero-order valence-corrected chi connectivity index (χ0v) is 9.67. The molecular formula is C13H21NO. The van der Waals surface area contributed by atoms with Crippen LogP contribution in [0.15, 0.2) is 0 Å². The highest BCUT2D eigenvalue weighted by Gasteiger charge is 2.43. The molecule has 0 aromatic rings. The van der Waals surface area contributed by atoms with Gasteiger partial charge in [0.25, 0.3) is 0 Å². The van der Waals surface area contributed by atoms with Gasteiger partial charge < -0.3 is 4.74 Å². The second-order valence-corrected chi connectivity index (χ2v) is 5.53. The summed E-state index contributed by atoms with van der Waals surface area (Å²) in [6, 6.07) is 2.29. The Morgan fingerprint density at radius 2 is 1.93 bits per heavy atom. The van der Waals surface area contributed by atoms with Gasteiger partial charge in [0.2, 0.25) is 0 Å². The maximum Gasteiger partial charge on any atom is 0.0628 e. The van der Waals surface area contributed by atoms with Gasteiger partial charge in [0.1, 0.15) is 0 Å². The first-order valence-electron chi connectivity index (χ1n) is 6.23. The number of ether oxygens (including phenoxy) is 1. The summed E-state index contributed by atoms with van der Waals surface area (Å²) >= 11 is 0. The second-order valence-electron chi connectivity index (χ2n) is 5.53. The molecule has 2 saturated carbocycles. The van der Waals surface area contributed by atoms with E-state index >= 15 is 0 Å². The molecule has 0 aromatic carbocycles. The fourth-order valence-electron chi connectivity index (χ4n) is 2.41. The molecule has 0 amide bonds. The van der Waals surface area contributed by atoms with Crippen molar-refractivity contribution in [2.75, 3.05) is 6.61 Å². The van der Waals surface area contributed by atoms with Gasteiger partial charge in [-0.15, -0.1) is 0 Å². The highest BCUT2D eigenvalue weighted by atomic mass is 16.5. The lowest BCUT2D eigenvalue weighted by Gasteiger charge is -2.27. The fraction of sp³-hybridized carbons (Fsp3) is 0.923. The molecule has 0 radical (unpaired) electrons. The van der Waals surface area contributed by atoms with Crippen molar-refractivity contribution in [3.05, 3.63) is 0 Å². The molecule has 2 fully saturated rings. The van der Waals surface area contributed by atoms with Crippen molar-refractivity contribution < 1.29 is 4.74 Å². The first-order valence-corrected chi connectivity index (χ1v) is 6.23. The first-order chi connectivity index (χ1) is 7.24. The monoisotopic (exact) mass is 207 g/mol. The van der Waals surface area contributed by atoms with E-state index in [1.165, 1.54) is 38.5 Å². The third-order valence-corrected chi connectivity index (χ3v) is 4.00. The number of hydrogen-bond donors (Lipinski definition) is 0. The number of rotatable bonds is 4. The summed E-state index contributed by atoms with van der Waals surface area (Å²) in [4.78, 5) is 0. The standard InChI is InChI=1S/C13H21NO/c1-11-2-4-12(5-3-11)15-10-13(6-7-13)8-9-14/h11-12H,2-8,10H2,1H3. The normalized spacial score (nSPS) is 33.3. The van der Waals surface area contributed by atoms with Crippen LogP contribution < -0.4 is 0 Å². The molecule has 0 saturated heterocycles. The summed E-state index contributed by atoms with van der Waals surface area (Å²) in [5.41, 5.74) is 0.262. The van der Waals surface area contributed by atoms with Crippen molar-refractivity contribution in [3.8, 4) is 6.07 Å². The molecular weight excluding hydrogens is 186 g/mol. The predicted octanol–water partition coefficient (Wildman–Crippen LogP) is 3.28. The predicted molar refractivity (Wildman–Crippen MR) is 59.3 cm³/mol. The van der Waals surface area contributed by atoms with Crippen molar-refractivity contribution in [2.24, 2.45) is 11.3 Å². The molecule has 0 aliphatic heterocycles. The van der Waals surface area contributed by atoms with Gasteiger partial charge >= 0.3 is 0 Å². The summed E-state index contributed by atoms with van der Waals surface area (Å²) in [6.45, 7) is 3.16. The highest BCUT2D eigenvalue weighted by molar-refractivity contribution is 4.99. The topological polar surface area (TPSA) is 33.0 Å². The molecule has 0 atom stereocenters. The van der Waals surface area contributed by atoms with Gasteiger partial charge in [-0.2, -0.15) is 5.26 Å². The molecule has 2 aliphatic carbocycles. The molecule has 0 heterocycles. The van der Waals surface area contributed by atoms with Gasteiger partial charge in [-0.3, -0.25) is 0 Å². The maximum absolute atomic E-state index is 8.71. The minimum absolute atomic E-state index is 0.262. The van der Waals surface area contributed by atoms with Gasteiger partial charge in [-0.1, -0.05) is 6.92 Å². The van der Waals surface area contributed by atoms with Gasteiger partial charge in [0, 0.05) is 11.8 Å². The quantitative estimate of drug-likeness (QED) is 0.708. The lowest BCUT2D eigenvalue weighted by atomic mass is 9.89. The van der Waals surface area contributed by atoms with Crippen LogP contribution >= 0.6 is 0 Å². The van der Waals surface area contributed by atoms with E-state index in [2.05, 4.69) is 13.0 Å². The van der Waals surface area contributed by atoms with Crippen LogP contribution in [0, 0.1) is 22.7 Å². The van der Waals surface area contributed by atoms with Crippen molar-refractivity contribution in [2.45, 2.75) is 58.0 Å². The summed E-state index contributed by atoms with van der Waals surface area (Å²) < 4.78 is 5.96. The molecule has 0 N–H and O–H groups in total. The third kappa shape index (κ3) is 2.95.